The summed E-state index contributed by atoms with van der Waals surface area (Å²) in [6, 6.07) is 16.3. The summed E-state index contributed by atoms with van der Waals surface area (Å²) >= 11 is 0. The number of hydrogen-bond acceptors (Lipinski definition) is 5. The molecule has 2 aromatic carbocycles. The number of nitrogens with zero attached hydrogens (tertiary/aromatic N) is 2. The molecular weight excluding hydrogens is 514 g/mol. The van der Waals surface area contributed by atoms with E-state index in [0.29, 0.717) is 37.2 Å². The van der Waals surface area contributed by atoms with Crippen molar-refractivity contribution in [1.29, 1.82) is 0 Å². The van der Waals surface area contributed by atoms with Gasteiger partial charge in [0.25, 0.3) is 0 Å². The van der Waals surface area contributed by atoms with Crippen molar-refractivity contribution < 1.29 is 22.7 Å². The molecule has 0 heterocycles. The second-order valence-electron chi connectivity index (χ2n) is 10.2. The number of hydrogen-bond donors (Lipinski definition) is 1. The third-order valence-corrected chi connectivity index (χ3v) is 8.53. The first-order valence-corrected chi connectivity index (χ1v) is 15.8. The van der Waals surface area contributed by atoms with Crippen LogP contribution in [-0.2, 0) is 26.0 Å². The Hall–Kier alpha value is -3.07. The molecule has 0 aliphatic heterocycles. The average molecular weight is 558 g/mol. The van der Waals surface area contributed by atoms with E-state index in [2.05, 4.69) is 5.32 Å². The van der Waals surface area contributed by atoms with Gasteiger partial charge in [0.05, 0.1) is 19.1 Å². The molecule has 8 nitrogen and oxygen atoms in total. The zero-order valence-corrected chi connectivity index (χ0v) is 24.3. The highest BCUT2D eigenvalue weighted by Gasteiger charge is 2.30. The summed E-state index contributed by atoms with van der Waals surface area (Å²) in [6.45, 7) is 2.52. The van der Waals surface area contributed by atoms with E-state index in [-0.39, 0.29) is 30.8 Å². The Morgan fingerprint density at radius 2 is 1.67 bits per heavy atom. The molecule has 0 saturated heterocycles. The molecule has 1 aliphatic carbocycles. The number of benzene rings is 2. The largest absolute Gasteiger partial charge is 0.497 e. The second-order valence-corrected chi connectivity index (χ2v) is 12.1. The summed E-state index contributed by atoms with van der Waals surface area (Å²) in [4.78, 5) is 28.6. The van der Waals surface area contributed by atoms with Crippen LogP contribution >= 0.6 is 0 Å². The molecule has 0 bridgehead atoms. The molecule has 1 saturated carbocycles. The number of carbonyl (C=O) groups excluding carboxylic acids is 2. The van der Waals surface area contributed by atoms with Gasteiger partial charge in [-0.3, -0.25) is 13.9 Å². The van der Waals surface area contributed by atoms with Gasteiger partial charge in [-0.1, -0.05) is 56.5 Å². The van der Waals surface area contributed by atoms with Crippen molar-refractivity contribution in [2.45, 2.75) is 76.8 Å². The quantitative estimate of drug-likeness (QED) is 0.368. The van der Waals surface area contributed by atoms with Gasteiger partial charge in [-0.2, -0.15) is 0 Å². The van der Waals surface area contributed by atoms with Crippen LogP contribution < -0.4 is 14.4 Å². The highest BCUT2D eigenvalue weighted by Crippen LogP contribution is 2.23. The third kappa shape index (κ3) is 9.27. The molecule has 0 aromatic heterocycles. The van der Waals surface area contributed by atoms with Crippen LogP contribution in [0.5, 0.6) is 5.75 Å². The van der Waals surface area contributed by atoms with E-state index < -0.39 is 16.1 Å². The topological polar surface area (TPSA) is 96.0 Å². The molecule has 0 radical (unpaired) electrons. The number of anilines is 1. The van der Waals surface area contributed by atoms with Gasteiger partial charge in [0.2, 0.25) is 21.8 Å². The molecule has 39 heavy (non-hydrogen) atoms. The van der Waals surface area contributed by atoms with Crippen molar-refractivity contribution in [3.05, 3.63) is 60.2 Å². The van der Waals surface area contributed by atoms with E-state index in [1.54, 1.807) is 36.3 Å². The molecule has 0 spiro atoms. The van der Waals surface area contributed by atoms with E-state index in [9.17, 15) is 18.0 Å². The van der Waals surface area contributed by atoms with E-state index in [1.165, 1.54) is 10.7 Å². The van der Waals surface area contributed by atoms with Gasteiger partial charge in [-0.05, 0) is 61.9 Å². The van der Waals surface area contributed by atoms with Gasteiger partial charge < -0.3 is 15.0 Å². The normalized spacial score (nSPS) is 14.8. The molecule has 1 atom stereocenters. The fourth-order valence-corrected chi connectivity index (χ4v) is 6.16. The first-order chi connectivity index (χ1) is 18.7. The Balaban J connectivity index is 1.70. The van der Waals surface area contributed by atoms with Crippen molar-refractivity contribution >= 4 is 27.5 Å². The molecule has 214 valence electrons. The lowest BCUT2D eigenvalue weighted by Crippen LogP contribution is -2.52. The SMILES string of the molecule is CCC(C(=O)NC1CCCCC1)N(CCc1ccccc1)C(=O)CCCN(c1ccc(OC)cc1)S(C)(=O)=O. The summed E-state index contributed by atoms with van der Waals surface area (Å²) in [5.41, 5.74) is 1.62. The highest BCUT2D eigenvalue weighted by atomic mass is 32.2. The van der Waals surface area contributed by atoms with E-state index >= 15 is 0 Å². The molecule has 1 unspecified atom stereocenters. The van der Waals surface area contributed by atoms with E-state index in [0.717, 1.165) is 37.5 Å². The number of nitrogens with one attached hydrogen (secondary N) is 1. The standard InChI is InChI=1S/C30H43N3O5S/c1-4-28(30(35)31-25-14-9-6-10-15-25)32(23-21-24-12-7-5-8-13-24)29(34)16-11-22-33(39(3,36)37)26-17-19-27(38-2)20-18-26/h5,7-8,12-13,17-20,25,28H,4,6,9-11,14-16,21-23H2,1-3H3,(H,31,35). The first-order valence-electron chi connectivity index (χ1n) is 14.0. The second kappa shape index (κ2) is 14.9. The number of ether oxygens (including phenoxy) is 1. The van der Waals surface area contributed by atoms with Crippen molar-refractivity contribution in [3.8, 4) is 5.75 Å². The van der Waals surface area contributed by atoms with Gasteiger partial charge in [0, 0.05) is 25.6 Å². The molecule has 9 heteroatoms. The molecule has 2 aromatic rings. The first kappa shape index (κ1) is 30.5. The Morgan fingerprint density at radius 1 is 1.00 bits per heavy atom. The maximum Gasteiger partial charge on any atom is 0.243 e. The van der Waals surface area contributed by atoms with E-state index in [4.69, 9.17) is 4.74 Å². The molecule has 3 rings (SSSR count). The minimum atomic E-state index is -3.55. The minimum Gasteiger partial charge on any atom is -0.497 e. The van der Waals surface area contributed by atoms with Crippen LogP contribution in [0.3, 0.4) is 0 Å². The summed E-state index contributed by atoms with van der Waals surface area (Å²) in [6.07, 6.45) is 8.18. The summed E-state index contributed by atoms with van der Waals surface area (Å²) in [5.74, 6) is 0.398. The van der Waals surface area contributed by atoms with Crippen LogP contribution in [0, 0.1) is 0 Å². The zero-order chi connectivity index (χ0) is 28.3. The zero-order valence-electron chi connectivity index (χ0n) is 23.5. The van der Waals surface area contributed by atoms with Crippen molar-refractivity contribution in [2.24, 2.45) is 0 Å². The predicted molar refractivity (Wildman–Crippen MR) is 155 cm³/mol. The number of rotatable bonds is 14. The van der Waals surface area contributed by atoms with Crippen LogP contribution in [0.4, 0.5) is 5.69 Å². The van der Waals surface area contributed by atoms with Crippen molar-refractivity contribution in [3.63, 3.8) is 0 Å². The highest BCUT2D eigenvalue weighted by molar-refractivity contribution is 7.92. The van der Waals surface area contributed by atoms with Crippen LogP contribution in [-0.4, -0.2) is 63.7 Å². The van der Waals surface area contributed by atoms with Crippen molar-refractivity contribution in [1.82, 2.24) is 10.2 Å². The Morgan fingerprint density at radius 3 is 2.26 bits per heavy atom. The Bertz CT molecular complexity index is 1150. The Kier molecular flexibility index (Phi) is 11.7. The minimum absolute atomic E-state index is 0.0955. The fraction of sp³-hybridized carbons (Fsp3) is 0.533. The van der Waals surface area contributed by atoms with Gasteiger partial charge in [0.15, 0.2) is 0 Å². The maximum absolute atomic E-state index is 13.6. The van der Waals surface area contributed by atoms with Gasteiger partial charge in [-0.25, -0.2) is 8.42 Å². The molecule has 1 aliphatic rings. The lowest BCUT2D eigenvalue weighted by Gasteiger charge is -2.33. The van der Waals surface area contributed by atoms with Gasteiger partial charge >= 0.3 is 0 Å². The average Bonchev–Trinajstić information content (AvgIpc) is 2.93. The van der Waals surface area contributed by atoms with Crippen LogP contribution in [0.15, 0.2) is 54.6 Å². The molecular formula is C30H43N3O5S. The number of methoxy groups -OCH3 is 1. The maximum atomic E-state index is 13.6. The van der Waals surface area contributed by atoms with Crippen LogP contribution in [0.2, 0.25) is 0 Å². The Labute approximate surface area is 233 Å². The van der Waals surface area contributed by atoms with Gasteiger partial charge in [0.1, 0.15) is 11.8 Å². The molecule has 1 N–H and O–H groups in total. The lowest BCUT2D eigenvalue weighted by molar-refractivity contribution is -0.141. The van der Waals surface area contributed by atoms with Crippen LogP contribution in [0.25, 0.3) is 0 Å². The fourth-order valence-electron chi connectivity index (χ4n) is 5.19. The number of amides is 2. The smallest absolute Gasteiger partial charge is 0.243 e. The van der Waals surface area contributed by atoms with Crippen molar-refractivity contribution in [2.75, 3.05) is 30.8 Å². The monoisotopic (exact) mass is 557 g/mol. The number of sulfonamides is 1. The summed E-state index contributed by atoms with van der Waals surface area (Å²) < 4.78 is 31.6. The van der Waals surface area contributed by atoms with Gasteiger partial charge in [-0.15, -0.1) is 0 Å². The van der Waals surface area contributed by atoms with E-state index in [1.807, 2.05) is 37.3 Å². The summed E-state index contributed by atoms with van der Waals surface area (Å²) in [7, 11) is -2.00. The van der Waals surface area contributed by atoms with Crippen LogP contribution in [0.1, 0.15) is 63.9 Å². The lowest BCUT2D eigenvalue weighted by atomic mass is 9.95. The number of carbonyl (C=O) groups is 2. The molecule has 2 amide bonds. The molecule has 1 fully saturated rings. The summed E-state index contributed by atoms with van der Waals surface area (Å²) in [5, 5.41) is 3.20. The predicted octanol–water partition coefficient (Wildman–Crippen LogP) is 4.54. The third-order valence-electron chi connectivity index (χ3n) is 7.33.